The lowest BCUT2D eigenvalue weighted by atomic mass is 9.98. The maximum Gasteiger partial charge on any atom is 0.297 e. The Hall–Kier alpha value is -4.44. The number of hydrogen-bond donors (Lipinski definition) is 0. The average molecular weight is 519 g/mol. The number of amides is 1. The number of para-hydroxylation sites is 1. The first-order valence-electron chi connectivity index (χ1n) is 11.2. The highest BCUT2D eigenvalue weighted by molar-refractivity contribution is 7.22. The smallest absolute Gasteiger partial charge is 0.297 e. The van der Waals surface area contributed by atoms with Crippen LogP contribution < -0.4 is 24.5 Å². The van der Waals surface area contributed by atoms with Crippen molar-refractivity contribution in [1.29, 1.82) is 0 Å². The molecule has 0 N–H and O–H groups in total. The molecule has 1 amide bonds. The minimum absolute atomic E-state index is 0.0760. The van der Waals surface area contributed by atoms with Crippen molar-refractivity contribution in [3.63, 3.8) is 0 Å². The Bertz CT molecular complexity index is 1750. The van der Waals surface area contributed by atoms with Crippen molar-refractivity contribution in [1.82, 2.24) is 4.98 Å². The predicted molar refractivity (Wildman–Crippen MR) is 137 cm³/mol. The molecule has 0 bridgehead atoms. The summed E-state index contributed by atoms with van der Waals surface area (Å²) < 4.78 is 37.0. The number of fused-ring (bicyclic) bond motifs is 3. The van der Waals surface area contributed by atoms with E-state index in [2.05, 4.69) is 4.98 Å². The second kappa shape index (κ2) is 8.59. The van der Waals surface area contributed by atoms with Crippen LogP contribution in [0.4, 0.5) is 9.52 Å². The summed E-state index contributed by atoms with van der Waals surface area (Å²) in [5.41, 5.74) is 1.19. The molecule has 0 radical (unpaired) electrons. The lowest BCUT2D eigenvalue weighted by Gasteiger charge is -2.24. The van der Waals surface area contributed by atoms with E-state index in [0.29, 0.717) is 49.1 Å². The van der Waals surface area contributed by atoms with Gasteiger partial charge in [0, 0.05) is 0 Å². The molecule has 0 fully saturated rings. The minimum atomic E-state index is -0.914. The summed E-state index contributed by atoms with van der Waals surface area (Å²) in [6, 6.07) is 13.4. The zero-order chi connectivity index (χ0) is 25.8. The first-order chi connectivity index (χ1) is 17.9. The third kappa shape index (κ3) is 3.44. The molecule has 10 heteroatoms. The second-order valence-corrected chi connectivity index (χ2v) is 9.32. The van der Waals surface area contributed by atoms with Gasteiger partial charge in [-0.2, -0.15) is 0 Å². The van der Waals surface area contributed by atoms with E-state index >= 15 is 0 Å². The molecule has 3 heterocycles. The highest BCUT2D eigenvalue weighted by atomic mass is 32.1. The average Bonchev–Trinajstić information content (AvgIpc) is 3.45. The molecule has 2 aromatic heterocycles. The quantitative estimate of drug-likeness (QED) is 0.311. The maximum atomic E-state index is 13.9. The predicted octanol–water partition coefficient (Wildman–Crippen LogP) is 5.32. The summed E-state index contributed by atoms with van der Waals surface area (Å²) in [4.78, 5) is 33.6. The van der Waals surface area contributed by atoms with Crippen molar-refractivity contribution < 1.29 is 27.8 Å². The van der Waals surface area contributed by atoms with E-state index in [-0.39, 0.29) is 16.8 Å². The van der Waals surface area contributed by atoms with Crippen LogP contribution >= 0.6 is 11.3 Å². The molecule has 5 aromatic rings. The van der Waals surface area contributed by atoms with Crippen molar-refractivity contribution in [2.24, 2.45) is 0 Å². The van der Waals surface area contributed by atoms with Crippen LogP contribution in [0.25, 0.3) is 21.2 Å². The first kappa shape index (κ1) is 23.0. The number of benzene rings is 3. The van der Waals surface area contributed by atoms with Gasteiger partial charge in [0.05, 0.1) is 48.5 Å². The zero-order valence-electron chi connectivity index (χ0n) is 19.9. The van der Waals surface area contributed by atoms with Gasteiger partial charge in [-0.15, -0.1) is 0 Å². The fourth-order valence-electron chi connectivity index (χ4n) is 4.68. The van der Waals surface area contributed by atoms with Gasteiger partial charge in [-0.25, -0.2) is 9.37 Å². The summed E-state index contributed by atoms with van der Waals surface area (Å²) in [6.07, 6.45) is 0. The van der Waals surface area contributed by atoms with E-state index in [1.807, 2.05) is 0 Å². The Morgan fingerprint density at radius 3 is 2.41 bits per heavy atom. The number of rotatable bonds is 5. The number of nitrogens with zero attached hydrogens (tertiary/aromatic N) is 2. The zero-order valence-corrected chi connectivity index (χ0v) is 20.7. The van der Waals surface area contributed by atoms with Crippen molar-refractivity contribution in [2.45, 2.75) is 6.04 Å². The van der Waals surface area contributed by atoms with Crippen molar-refractivity contribution >= 4 is 43.6 Å². The van der Waals surface area contributed by atoms with Crippen LogP contribution in [0.3, 0.4) is 0 Å². The highest BCUT2D eigenvalue weighted by Crippen LogP contribution is 2.47. The molecule has 6 rings (SSSR count). The number of aromatic nitrogens is 1. The summed E-state index contributed by atoms with van der Waals surface area (Å²) in [7, 11) is 4.45. The number of ether oxygens (including phenoxy) is 3. The van der Waals surface area contributed by atoms with E-state index < -0.39 is 17.8 Å². The SMILES string of the molecule is COc1cc([C@@H]2c3c(oc4ccccc4c3=O)C(=O)N2c2nc3ccc(F)cc3s2)cc(OC)c1OC. The summed E-state index contributed by atoms with van der Waals surface area (Å²) >= 11 is 1.14. The molecule has 37 heavy (non-hydrogen) atoms. The minimum Gasteiger partial charge on any atom is -0.493 e. The summed E-state index contributed by atoms with van der Waals surface area (Å²) in [5, 5.41) is 0.638. The molecule has 1 atom stereocenters. The molecule has 3 aromatic carbocycles. The van der Waals surface area contributed by atoms with Gasteiger partial charge < -0.3 is 18.6 Å². The molecule has 1 aliphatic heterocycles. The summed E-state index contributed by atoms with van der Waals surface area (Å²) in [5.74, 6) is 0.0568. The van der Waals surface area contributed by atoms with E-state index in [0.717, 1.165) is 11.3 Å². The second-order valence-electron chi connectivity index (χ2n) is 8.31. The maximum absolute atomic E-state index is 13.9. The van der Waals surface area contributed by atoms with Crippen LogP contribution in [0, 0.1) is 5.82 Å². The number of anilines is 1. The van der Waals surface area contributed by atoms with Crippen molar-refractivity contribution in [3.05, 3.63) is 87.5 Å². The summed E-state index contributed by atoms with van der Waals surface area (Å²) in [6.45, 7) is 0. The topological polar surface area (TPSA) is 91.1 Å². The Morgan fingerprint density at radius 2 is 1.70 bits per heavy atom. The van der Waals surface area contributed by atoms with Crippen LogP contribution in [0.5, 0.6) is 17.2 Å². The molecular weight excluding hydrogens is 499 g/mol. The van der Waals surface area contributed by atoms with Gasteiger partial charge in [0.1, 0.15) is 11.4 Å². The van der Waals surface area contributed by atoms with E-state index in [1.54, 1.807) is 42.5 Å². The molecule has 0 saturated carbocycles. The molecule has 0 saturated heterocycles. The van der Waals surface area contributed by atoms with E-state index in [4.69, 9.17) is 18.6 Å². The van der Waals surface area contributed by atoms with Gasteiger partial charge in [0.25, 0.3) is 5.91 Å². The van der Waals surface area contributed by atoms with E-state index in [1.165, 1.54) is 38.4 Å². The Kier molecular flexibility index (Phi) is 5.34. The number of carbonyl (C=O) groups excluding carboxylic acids is 1. The Balaban J connectivity index is 1.66. The lowest BCUT2D eigenvalue weighted by Crippen LogP contribution is -2.29. The molecular formula is C27H19FN2O6S. The molecule has 1 aliphatic rings. The molecule has 8 nitrogen and oxygen atoms in total. The van der Waals surface area contributed by atoms with Gasteiger partial charge >= 0.3 is 0 Å². The monoisotopic (exact) mass is 518 g/mol. The van der Waals surface area contributed by atoms with Crippen LogP contribution in [-0.4, -0.2) is 32.2 Å². The van der Waals surface area contributed by atoms with Crippen LogP contribution in [-0.2, 0) is 0 Å². The first-order valence-corrected chi connectivity index (χ1v) is 12.0. The third-order valence-electron chi connectivity index (χ3n) is 6.33. The van der Waals surface area contributed by atoms with E-state index in [9.17, 15) is 14.0 Å². The lowest BCUT2D eigenvalue weighted by molar-refractivity contribution is 0.0971. The highest BCUT2D eigenvalue weighted by Gasteiger charge is 2.45. The fraction of sp³-hybridized carbons (Fsp3) is 0.148. The number of thiazole rings is 1. The normalized spacial score (nSPS) is 14.9. The molecule has 186 valence electrons. The van der Waals surface area contributed by atoms with Crippen molar-refractivity contribution in [3.8, 4) is 17.2 Å². The number of carbonyl (C=O) groups is 1. The van der Waals surface area contributed by atoms with Crippen LogP contribution in [0.1, 0.15) is 27.7 Å². The van der Waals surface area contributed by atoms with Gasteiger partial charge in [0.2, 0.25) is 11.5 Å². The Morgan fingerprint density at radius 1 is 0.973 bits per heavy atom. The third-order valence-corrected chi connectivity index (χ3v) is 7.34. The molecule has 0 aliphatic carbocycles. The fourth-order valence-corrected chi connectivity index (χ4v) is 5.70. The van der Waals surface area contributed by atoms with Crippen molar-refractivity contribution in [2.75, 3.05) is 26.2 Å². The van der Waals surface area contributed by atoms with Crippen LogP contribution in [0.15, 0.2) is 63.8 Å². The Labute approximate surface area is 213 Å². The van der Waals surface area contributed by atoms with Crippen LogP contribution in [0.2, 0.25) is 0 Å². The van der Waals surface area contributed by atoms with Gasteiger partial charge in [0.15, 0.2) is 22.1 Å². The largest absolute Gasteiger partial charge is 0.493 e. The molecule has 0 spiro atoms. The standard InChI is InChI=1S/C27H19FN2O6S/c1-33-18-10-13(11-19(34-2)24(18)35-3)22-21-23(31)15-6-4-5-7-17(15)36-25(21)26(32)30(22)27-29-16-9-8-14(28)12-20(16)37-27/h4-12,22H,1-3H3/t22-/m1/s1. The van der Waals surface area contributed by atoms with Gasteiger partial charge in [-0.3, -0.25) is 14.5 Å². The van der Waals surface area contributed by atoms with Gasteiger partial charge in [-0.1, -0.05) is 23.5 Å². The number of hydrogen-bond acceptors (Lipinski definition) is 8. The number of halogens is 1. The number of methoxy groups -OCH3 is 3. The molecule has 0 unspecified atom stereocenters. The van der Waals surface area contributed by atoms with Gasteiger partial charge in [-0.05, 0) is 48.0 Å².